The Morgan fingerprint density at radius 2 is 2.22 bits per heavy atom. The smallest absolute Gasteiger partial charge is 0.408 e. The number of rotatable bonds is 1. The van der Waals surface area contributed by atoms with Gasteiger partial charge in [-0.2, -0.15) is 5.26 Å². The van der Waals surface area contributed by atoms with Gasteiger partial charge in [0.15, 0.2) is 17.0 Å². The van der Waals surface area contributed by atoms with Gasteiger partial charge < -0.3 is 8.94 Å². The molecule has 3 aromatic rings. The van der Waals surface area contributed by atoms with Gasteiger partial charge in [0.25, 0.3) is 0 Å². The molecule has 88 valence electrons. The lowest BCUT2D eigenvalue weighted by molar-refractivity contribution is 0.430. The van der Waals surface area contributed by atoms with E-state index in [0.717, 1.165) is 5.56 Å². The van der Waals surface area contributed by atoms with Crippen LogP contribution in [0.2, 0.25) is 0 Å². The Bertz CT molecular complexity index is 832. The number of benzene rings is 1. The molecule has 0 fully saturated rings. The number of aryl methyl sites for hydroxylation is 1. The predicted molar refractivity (Wildman–Crippen MR) is 61.7 cm³/mol. The van der Waals surface area contributed by atoms with Gasteiger partial charge in [0.05, 0.1) is 5.52 Å². The summed E-state index contributed by atoms with van der Waals surface area (Å²) in [6.07, 6.45) is 0. The second-order valence-corrected chi connectivity index (χ2v) is 3.80. The zero-order chi connectivity index (χ0) is 12.7. The summed E-state index contributed by atoms with van der Waals surface area (Å²) in [5.74, 6) is 0.0551. The van der Waals surface area contributed by atoms with Crippen LogP contribution in [0.25, 0.3) is 22.4 Å². The van der Waals surface area contributed by atoms with E-state index < -0.39 is 5.76 Å². The van der Waals surface area contributed by atoms with Gasteiger partial charge >= 0.3 is 5.76 Å². The van der Waals surface area contributed by atoms with Gasteiger partial charge in [-0.25, -0.2) is 4.79 Å². The molecule has 0 aliphatic carbocycles. The normalized spacial score (nSPS) is 10.7. The Balaban J connectivity index is 2.21. The molecule has 3 rings (SSSR count). The molecule has 6 heteroatoms. The van der Waals surface area contributed by atoms with Gasteiger partial charge in [0, 0.05) is 18.7 Å². The number of oxazole rings is 1. The second kappa shape index (κ2) is 3.60. The first-order chi connectivity index (χ1) is 8.69. The molecule has 0 unspecified atom stereocenters. The highest BCUT2D eigenvalue weighted by Gasteiger charge is 2.10. The first kappa shape index (κ1) is 10.4. The number of nitrogens with zero attached hydrogens (tertiary/aromatic N) is 3. The summed E-state index contributed by atoms with van der Waals surface area (Å²) in [5.41, 5.74) is 2.11. The van der Waals surface area contributed by atoms with E-state index in [1.807, 2.05) is 6.07 Å². The third-order valence-corrected chi connectivity index (χ3v) is 2.70. The van der Waals surface area contributed by atoms with Crippen LogP contribution >= 0.6 is 0 Å². The minimum absolute atomic E-state index is 0.214. The van der Waals surface area contributed by atoms with Crippen LogP contribution in [0.15, 0.2) is 38.0 Å². The van der Waals surface area contributed by atoms with Crippen molar-refractivity contribution in [3.8, 4) is 17.4 Å². The third kappa shape index (κ3) is 1.42. The van der Waals surface area contributed by atoms with Crippen molar-refractivity contribution in [2.24, 2.45) is 7.05 Å². The van der Waals surface area contributed by atoms with Crippen molar-refractivity contribution in [2.45, 2.75) is 0 Å². The van der Waals surface area contributed by atoms with E-state index in [0.29, 0.717) is 16.9 Å². The molecule has 2 heterocycles. The van der Waals surface area contributed by atoms with Gasteiger partial charge in [-0.15, -0.1) is 0 Å². The summed E-state index contributed by atoms with van der Waals surface area (Å²) in [6, 6.07) is 8.61. The third-order valence-electron chi connectivity index (χ3n) is 2.70. The maximum atomic E-state index is 11.4. The summed E-state index contributed by atoms with van der Waals surface area (Å²) in [5, 5.41) is 12.3. The van der Waals surface area contributed by atoms with E-state index in [-0.39, 0.29) is 5.69 Å². The molecule has 0 aliphatic heterocycles. The van der Waals surface area contributed by atoms with Crippen molar-refractivity contribution in [2.75, 3.05) is 0 Å². The van der Waals surface area contributed by atoms with E-state index in [9.17, 15) is 4.79 Å². The number of fused-ring (bicyclic) bond motifs is 1. The minimum atomic E-state index is -0.419. The van der Waals surface area contributed by atoms with Crippen molar-refractivity contribution < 1.29 is 8.94 Å². The van der Waals surface area contributed by atoms with Crippen molar-refractivity contribution in [3.63, 3.8) is 0 Å². The molecule has 0 atom stereocenters. The Kier molecular flexibility index (Phi) is 2.07. The van der Waals surface area contributed by atoms with Crippen LogP contribution in [0.1, 0.15) is 5.69 Å². The molecule has 1 aromatic carbocycles. The van der Waals surface area contributed by atoms with Gasteiger partial charge in [-0.05, 0) is 18.2 Å². The number of aromatic nitrogens is 2. The summed E-state index contributed by atoms with van der Waals surface area (Å²) in [6.45, 7) is 0. The summed E-state index contributed by atoms with van der Waals surface area (Å²) < 4.78 is 11.5. The van der Waals surface area contributed by atoms with Gasteiger partial charge in [-0.1, -0.05) is 5.16 Å². The fourth-order valence-electron chi connectivity index (χ4n) is 1.74. The number of hydrogen-bond donors (Lipinski definition) is 0. The zero-order valence-electron chi connectivity index (χ0n) is 9.38. The molecular weight excluding hydrogens is 234 g/mol. The molecule has 0 saturated carbocycles. The molecule has 18 heavy (non-hydrogen) atoms. The lowest BCUT2D eigenvalue weighted by Gasteiger charge is -1.96. The lowest BCUT2D eigenvalue weighted by Crippen LogP contribution is -2.08. The van der Waals surface area contributed by atoms with E-state index >= 15 is 0 Å². The average molecular weight is 241 g/mol. The molecule has 0 spiro atoms. The van der Waals surface area contributed by atoms with Crippen LogP contribution in [0.5, 0.6) is 0 Å². The SMILES string of the molecule is Cn1c(=O)oc2ccc(-c3cc(C#N)no3)cc21. The first-order valence-electron chi connectivity index (χ1n) is 5.16. The Morgan fingerprint density at radius 3 is 2.94 bits per heavy atom. The number of hydrogen-bond acceptors (Lipinski definition) is 5. The van der Waals surface area contributed by atoms with Gasteiger partial charge in [0.2, 0.25) is 0 Å². The van der Waals surface area contributed by atoms with Crippen molar-refractivity contribution >= 4 is 11.1 Å². The van der Waals surface area contributed by atoms with Crippen LogP contribution in [0, 0.1) is 11.3 Å². The molecule has 0 bridgehead atoms. The van der Waals surface area contributed by atoms with Crippen LogP contribution < -0.4 is 5.76 Å². The van der Waals surface area contributed by atoms with E-state index in [1.165, 1.54) is 4.57 Å². The second-order valence-electron chi connectivity index (χ2n) is 3.80. The lowest BCUT2D eigenvalue weighted by atomic mass is 10.1. The van der Waals surface area contributed by atoms with E-state index in [1.54, 1.807) is 31.3 Å². The molecule has 6 nitrogen and oxygen atoms in total. The minimum Gasteiger partial charge on any atom is -0.408 e. The monoisotopic (exact) mass is 241 g/mol. The maximum absolute atomic E-state index is 11.4. The fourth-order valence-corrected chi connectivity index (χ4v) is 1.74. The summed E-state index contributed by atoms with van der Waals surface area (Å²) in [7, 11) is 1.62. The Labute approximate surface area is 101 Å². The van der Waals surface area contributed by atoms with Crippen LogP contribution in [-0.2, 0) is 7.05 Å². The molecule has 0 radical (unpaired) electrons. The van der Waals surface area contributed by atoms with E-state index in [4.69, 9.17) is 14.2 Å². The topological polar surface area (TPSA) is 85.0 Å². The highest BCUT2D eigenvalue weighted by atomic mass is 16.5. The molecule has 0 saturated heterocycles. The van der Waals surface area contributed by atoms with E-state index in [2.05, 4.69) is 5.16 Å². The zero-order valence-corrected chi connectivity index (χ0v) is 9.38. The predicted octanol–water partition coefficient (Wildman–Crippen LogP) is 1.66. The van der Waals surface area contributed by atoms with Crippen molar-refractivity contribution in [3.05, 3.63) is 40.5 Å². The fraction of sp³-hybridized carbons (Fsp3) is 0.0833. The molecule has 0 amide bonds. The van der Waals surface area contributed by atoms with Gasteiger partial charge in [0.1, 0.15) is 6.07 Å². The molecule has 2 aromatic heterocycles. The van der Waals surface area contributed by atoms with Crippen molar-refractivity contribution in [1.29, 1.82) is 5.26 Å². The van der Waals surface area contributed by atoms with Gasteiger partial charge in [-0.3, -0.25) is 4.57 Å². The number of nitriles is 1. The largest absolute Gasteiger partial charge is 0.419 e. The Hall–Kier alpha value is -2.81. The van der Waals surface area contributed by atoms with Crippen LogP contribution in [0.3, 0.4) is 0 Å². The maximum Gasteiger partial charge on any atom is 0.419 e. The van der Waals surface area contributed by atoms with Crippen molar-refractivity contribution in [1.82, 2.24) is 9.72 Å². The molecular formula is C12H7N3O3. The summed E-state index contributed by atoms with van der Waals surface area (Å²) in [4.78, 5) is 11.4. The standard InChI is InChI=1S/C12H7N3O3/c1-15-9-4-7(2-3-10(9)17-12(15)16)11-5-8(6-13)14-18-11/h2-5H,1H3. The summed E-state index contributed by atoms with van der Waals surface area (Å²) >= 11 is 0. The average Bonchev–Trinajstić information content (AvgIpc) is 2.96. The highest BCUT2D eigenvalue weighted by Crippen LogP contribution is 2.24. The van der Waals surface area contributed by atoms with Crippen LogP contribution in [0.4, 0.5) is 0 Å². The Morgan fingerprint density at radius 1 is 1.39 bits per heavy atom. The quantitative estimate of drug-likeness (QED) is 0.646. The molecule has 0 aliphatic rings. The molecule has 0 N–H and O–H groups in total. The first-order valence-corrected chi connectivity index (χ1v) is 5.16. The highest BCUT2D eigenvalue weighted by molar-refractivity contribution is 5.79. The van der Waals surface area contributed by atoms with Crippen LogP contribution in [-0.4, -0.2) is 9.72 Å².